The molecule has 0 unspecified atom stereocenters. The summed E-state index contributed by atoms with van der Waals surface area (Å²) in [4.78, 5) is 0. The molecular weight excluding hydrogens is 558 g/mol. The van der Waals surface area contributed by atoms with Crippen molar-refractivity contribution in [3.63, 3.8) is 0 Å². The van der Waals surface area contributed by atoms with Gasteiger partial charge in [-0.2, -0.15) is 5.26 Å². The molecule has 0 radical (unpaired) electrons. The average Bonchev–Trinajstić information content (AvgIpc) is 3.64. The maximum absolute atomic E-state index is 11.0. The number of hydrogen-bond donors (Lipinski definition) is 0. The molecule has 0 aliphatic heterocycles. The predicted octanol–water partition coefficient (Wildman–Crippen LogP) is 11.2. The molecule has 2 aromatic heterocycles. The van der Waals surface area contributed by atoms with Gasteiger partial charge in [-0.25, -0.2) is 0 Å². The van der Waals surface area contributed by atoms with Gasteiger partial charge in [-0.05, 0) is 79.5 Å². The number of hydrogen-bond acceptors (Lipinski definition) is 1. The summed E-state index contributed by atoms with van der Waals surface area (Å²) in [6.45, 7) is 0. The first-order valence-electron chi connectivity index (χ1n) is 15.7. The molecule has 11 rings (SSSR count). The quantitative estimate of drug-likeness (QED) is 0.187. The van der Waals surface area contributed by atoms with Crippen LogP contribution in [-0.4, -0.2) is 9.13 Å². The van der Waals surface area contributed by atoms with Crippen molar-refractivity contribution in [1.29, 1.82) is 5.26 Å². The smallest absolute Gasteiger partial charge is 0.104 e. The summed E-state index contributed by atoms with van der Waals surface area (Å²) >= 11 is 0. The standard InChI is InChI=1S/C43H23N3/c44-24-33-34(45-36-20-5-14-29-25-10-1-2-11-26(25)30-15-6-21-37(45)41(30)40(29)36)18-9-19-35(33)46-38-22-7-16-31-27-12-3-4-13-28(27)32-17-8-23-39(46)43(32)42(31)38/h1-23H. The minimum atomic E-state index is 0.653. The van der Waals surface area contributed by atoms with Gasteiger partial charge in [-0.1, -0.05) is 103 Å². The molecule has 0 fully saturated rings. The molecule has 0 N–H and O–H groups in total. The zero-order valence-electron chi connectivity index (χ0n) is 24.6. The Hall–Kier alpha value is -6.37. The van der Waals surface area contributed by atoms with Crippen LogP contribution in [0.1, 0.15) is 5.56 Å². The monoisotopic (exact) mass is 581 g/mol. The Morgan fingerprint density at radius 3 is 0.913 bits per heavy atom. The molecule has 11 aromatic rings. The van der Waals surface area contributed by atoms with Crippen LogP contribution < -0.4 is 0 Å². The highest BCUT2D eigenvalue weighted by Crippen LogP contribution is 2.46. The second-order valence-corrected chi connectivity index (χ2v) is 12.3. The number of benzene rings is 9. The van der Waals surface area contributed by atoms with Gasteiger partial charge >= 0.3 is 0 Å². The number of nitriles is 1. The third-order valence-corrected chi connectivity index (χ3v) is 10.3. The molecule has 210 valence electrons. The van der Waals surface area contributed by atoms with Crippen molar-refractivity contribution in [2.45, 2.75) is 0 Å². The highest BCUT2D eigenvalue weighted by atomic mass is 15.0. The van der Waals surface area contributed by atoms with Crippen LogP contribution in [0.15, 0.2) is 140 Å². The normalized spacial score (nSPS) is 12.3. The fourth-order valence-electron chi connectivity index (χ4n) is 8.55. The van der Waals surface area contributed by atoms with Crippen LogP contribution in [-0.2, 0) is 0 Å². The molecule has 0 atom stereocenters. The average molecular weight is 582 g/mol. The van der Waals surface area contributed by atoms with Gasteiger partial charge in [-0.3, -0.25) is 0 Å². The molecule has 0 aliphatic carbocycles. The minimum absolute atomic E-state index is 0.653. The summed E-state index contributed by atoms with van der Waals surface area (Å²) < 4.78 is 4.62. The van der Waals surface area contributed by atoms with E-state index < -0.39 is 0 Å². The summed E-state index contributed by atoms with van der Waals surface area (Å²) in [6.07, 6.45) is 0. The lowest BCUT2D eigenvalue weighted by Crippen LogP contribution is -2.03. The van der Waals surface area contributed by atoms with E-state index in [1.807, 2.05) is 0 Å². The van der Waals surface area contributed by atoms with Crippen LogP contribution in [0.25, 0.3) is 98.1 Å². The summed E-state index contributed by atoms with van der Waals surface area (Å²) in [5.74, 6) is 0. The number of nitrogens with zero attached hydrogens (tertiary/aromatic N) is 3. The largest absolute Gasteiger partial charge is 0.308 e. The number of rotatable bonds is 2. The Morgan fingerprint density at radius 1 is 0.326 bits per heavy atom. The third-order valence-electron chi connectivity index (χ3n) is 10.3. The van der Waals surface area contributed by atoms with Crippen molar-refractivity contribution in [3.8, 4) is 17.4 Å². The summed E-state index contributed by atoms with van der Waals surface area (Å²) in [5, 5.41) is 26.0. The van der Waals surface area contributed by atoms with Gasteiger partial charge in [0.15, 0.2) is 0 Å². The van der Waals surface area contributed by atoms with Crippen molar-refractivity contribution in [1.82, 2.24) is 9.13 Å². The van der Waals surface area contributed by atoms with E-state index >= 15 is 0 Å². The molecule has 0 aliphatic rings. The molecule has 0 saturated heterocycles. The van der Waals surface area contributed by atoms with E-state index in [-0.39, 0.29) is 0 Å². The Balaban J connectivity index is 1.30. The second kappa shape index (κ2) is 8.41. The summed E-state index contributed by atoms with van der Waals surface area (Å²) in [5.41, 5.74) is 6.89. The molecule has 2 heterocycles. The highest BCUT2D eigenvalue weighted by Gasteiger charge is 2.24. The van der Waals surface area contributed by atoms with Gasteiger partial charge in [0.25, 0.3) is 0 Å². The van der Waals surface area contributed by atoms with Gasteiger partial charge in [-0.15, -0.1) is 0 Å². The van der Waals surface area contributed by atoms with E-state index in [9.17, 15) is 5.26 Å². The molecule has 0 spiro atoms. The lowest BCUT2D eigenvalue weighted by molar-refractivity contribution is 1.12. The molecule has 0 amide bonds. The SMILES string of the molecule is N#Cc1c(-n2c3cccc4c5ccccc5c5cccc2c5c43)cccc1-n1c2cccc3c4ccccc4c4cccc1c4c32. The Labute approximate surface area is 263 Å². The van der Waals surface area contributed by atoms with Gasteiger partial charge in [0.2, 0.25) is 0 Å². The van der Waals surface area contributed by atoms with Crippen molar-refractivity contribution >= 4 is 86.7 Å². The Bertz CT molecular complexity index is 2720. The maximum atomic E-state index is 11.0. The lowest BCUT2D eigenvalue weighted by Gasteiger charge is -2.15. The molecular formula is C43H23N3. The molecule has 3 heteroatoms. The van der Waals surface area contributed by atoms with Crippen LogP contribution in [0.2, 0.25) is 0 Å². The first kappa shape index (κ1) is 24.0. The topological polar surface area (TPSA) is 33.6 Å². The molecule has 9 aromatic carbocycles. The molecule has 0 saturated carbocycles. The van der Waals surface area contributed by atoms with Gasteiger partial charge in [0.1, 0.15) is 11.6 Å². The van der Waals surface area contributed by atoms with Crippen LogP contribution in [0.4, 0.5) is 0 Å². The van der Waals surface area contributed by atoms with Gasteiger partial charge < -0.3 is 9.13 Å². The van der Waals surface area contributed by atoms with Crippen LogP contribution in [0, 0.1) is 11.3 Å². The van der Waals surface area contributed by atoms with Crippen LogP contribution in [0.5, 0.6) is 0 Å². The predicted molar refractivity (Wildman–Crippen MR) is 192 cm³/mol. The van der Waals surface area contributed by atoms with E-state index in [0.29, 0.717) is 5.56 Å². The highest BCUT2D eigenvalue weighted by molar-refractivity contribution is 6.35. The van der Waals surface area contributed by atoms with E-state index in [1.54, 1.807) is 0 Å². The zero-order chi connectivity index (χ0) is 30.1. The van der Waals surface area contributed by atoms with Crippen molar-refractivity contribution in [2.75, 3.05) is 0 Å². The zero-order valence-corrected chi connectivity index (χ0v) is 24.6. The van der Waals surface area contributed by atoms with Crippen molar-refractivity contribution < 1.29 is 0 Å². The molecule has 3 nitrogen and oxygen atoms in total. The fraction of sp³-hybridized carbons (Fsp3) is 0. The van der Waals surface area contributed by atoms with E-state index in [2.05, 4.69) is 155 Å². The molecule has 46 heavy (non-hydrogen) atoms. The van der Waals surface area contributed by atoms with Crippen molar-refractivity contribution in [3.05, 3.63) is 145 Å². The number of aromatic nitrogens is 2. The van der Waals surface area contributed by atoms with Gasteiger partial charge in [0.05, 0.1) is 33.4 Å². The first-order chi connectivity index (χ1) is 22.8. The minimum Gasteiger partial charge on any atom is -0.308 e. The summed E-state index contributed by atoms with van der Waals surface area (Å²) in [6, 6.07) is 52.7. The second-order valence-electron chi connectivity index (χ2n) is 12.3. The van der Waals surface area contributed by atoms with E-state index in [0.717, 1.165) is 33.4 Å². The van der Waals surface area contributed by atoms with Crippen LogP contribution >= 0.6 is 0 Å². The van der Waals surface area contributed by atoms with Crippen molar-refractivity contribution in [2.24, 2.45) is 0 Å². The Morgan fingerprint density at radius 2 is 0.609 bits per heavy atom. The van der Waals surface area contributed by atoms with E-state index in [1.165, 1.54) is 64.6 Å². The lowest BCUT2D eigenvalue weighted by atomic mass is 9.95. The Kier molecular flexibility index (Phi) is 4.39. The summed E-state index contributed by atoms with van der Waals surface area (Å²) in [7, 11) is 0. The number of fused-ring (bicyclic) bond motifs is 6. The first-order valence-corrected chi connectivity index (χ1v) is 15.7. The third kappa shape index (κ3) is 2.74. The fourth-order valence-corrected chi connectivity index (χ4v) is 8.55. The van der Waals surface area contributed by atoms with E-state index in [4.69, 9.17) is 0 Å². The molecule has 0 bridgehead atoms. The van der Waals surface area contributed by atoms with Crippen LogP contribution in [0.3, 0.4) is 0 Å². The van der Waals surface area contributed by atoms with Gasteiger partial charge in [0, 0.05) is 21.5 Å². The maximum Gasteiger partial charge on any atom is 0.104 e.